The molecule has 6 nitrogen and oxygen atoms in total. The third-order valence-electron chi connectivity index (χ3n) is 3.30. The van der Waals surface area contributed by atoms with Crippen molar-refractivity contribution in [2.24, 2.45) is 0 Å². The first-order valence-corrected chi connectivity index (χ1v) is 7.61. The fourth-order valence-corrected chi connectivity index (χ4v) is 2.17. The van der Waals surface area contributed by atoms with Crippen molar-refractivity contribution < 1.29 is 18.3 Å². The van der Waals surface area contributed by atoms with Gasteiger partial charge in [-0.2, -0.15) is 13.9 Å². The minimum Gasteiger partial charge on any atom is -0.434 e. The first kappa shape index (κ1) is 17.3. The van der Waals surface area contributed by atoms with Crippen LogP contribution < -0.4 is 10.1 Å². The van der Waals surface area contributed by atoms with Gasteiger partial charge in [0.2, 0.25) is 5.91 Å². The van der Waals surface area contributed by atoms with Gasteiger partial charge in [-0.05, 0) is 30.3 Å². The molecular weight excluding hydrogens is 342 g/mol. The van der Waals surface area contributed by atoms with E-state index in [0.29, 0.717) is 17.1 Å². The number of ether oxygens (including phenoxy) is 1. The summed E-state index contributed by atoms with van der Waals surface area (Å²) in [7, 11) is 0. The van der Waals surface area contributed by atoms with E-state index in [2.05, 4.69) is 20.1 Å². The third-order valence-corrected chi connectivity index (χ3v) is 3.30. The first-order chi connectivity index (χ1) is 12.6. The molecule has 0 unspecified atom stereocenters. The second kappa shape index (κ2) is 8.02. The van der Waals surface area contributed by atoms with Crippen LogP contribution in [0, 0.1) is 0 Å². The van der Waals surface area contributed by atoms with Crippen molar-refractivity contribution >= 4 is 17.7 Å². The van der Waals surface area contributed by atoms with Gasteiger partial charge in [0, 0.05) is 24.0 Å². The van der Waals surface area contributed by atoms with Crippen molar-refractivity contribution in [1.29, 1.82) is 0 Å². The van der Waals surface area contributed by atoms with Gasteiger partial charge < -0.3 is 10.1 Å². The largest absolute Gasteiger partial charge is 0.434 e. The van der Waals surface area contributed by atoms with Crippen LogP contribution in [0.25, 0.3) is 11.9 Å². The number of alkyl halides is 2. The molecule has 0 aliphatic rings. The van der Waals surface area contributed by atoms with E-state index >= 15 is 0 Å². The summed E-state index contributed by atoms with van der Waals surface area (Å²) in [5.41, 5.74) is 0.864. The van der Waals surface area contributed by atoms with E-state index in [9.17, 15) is 13.6 Å². The van der Waals surface area contributed by atoms with Gasteiger partial charge in [-0.25, -0.2) is 9.67 Å². The lowest BCUT2D eigenvalue weighted by Gasteiger charge is -2.07. The lowest BCUT2D eigenvalue weighted by Crippen LogP contribution is -2.08. The molecule has 2 aromatic heterocycles. The van der Waals surface area contributed by atoms with Crippen molar-refractivity contribution in [3.63, 3.8) is 0 Å². The minimum atomic E-state index is -2.93. The molecule has 0 saturated heterocycles. The van der Waals surface area contributed by atoms with E-state index < -0.39 is 12.5 Å². The summed E-state index contributed by atoms with van der Waals surface area (Å²) in [4.78, 5) is 16.2. The zero-order chi connectivity index (χ0) is 18.4. The SMILES string of the molecule is O=C(C=Cc1ccccc1OC(F)F)Nc1ccc(-n2cccn2)nc1. The van der Waals surface area contributed by atoms with Crippen LogP contribution in [0.15, 0.2) is 67.1 Å². The molecule has 0 spiro atoms. The Hall–Kier alpha value is -3.55. The highest BCUT2D eigenvalue weighted by molar-refractivity contribution is 6.02. The van der Waals surface area contributed by atoms with Gasteiger partial charge >= 0.3 is 6.61 Å². The van der Waals surface area contributed by atoms with Crippen LogP contribution in [0.4, 0.5) is 14.5 Å². The van der Waals surface area contributed by atoms with Gasteiger partial charge in [-0.3, -0.25) is 4.79 Å². The number of pyridine rings is 1. The van der Waals surface area contributed by atoms with E-state index in [1.165, 1.54) is 24.4 Å². The Bertz CT molecular complexity index is 894. The average molecular weight is 356 g/mol. The lowest BCUT2D eigenvalue weighted by atomic mass is 10.2. The molecule has 0 bridgehead atoms. The number of benzene rings is 1. The number of hydrogen-bond donors (Lipinski definition) is 1. The van der Waals surface area contributed by atoms with Crippen molar-refractivity contribution in [2.45, 2.75) is 6.61 Å². The third kappa shape index (κ3) is 4.50. The summed E-state index contributed by atoms with van der Waals surface area (Å²) in [5.74, 6) is 0.184. The average Bonchev–Trinajstić information content (AvgIpc) is 3.16. The van der Waals surface area contributed by atoms with Crippen LogP contribution in [0.2, 0.25) is 0 Å². The Morgan fingerprint density at radius 1 is 1.19 bits per heavy atom. The Kier molecular flexibility index (Phi) is 5.33. The lowest BCUT2D eigenvalue weighted by molar-refractivity contribution is -0.111. The van der Waals surface area contributed by atoms with E-state index in [0.717, 1.165) is 0 Å². The number of carbonyl (C=O) groups is 1. The van der Waals surface area contributed by atoms with Crippen molar-refractivity contribution in [1.82, 2.24) is 14.8 Å². The summed E-state index contributed by atoms with van der Waals surface area (Å²) in [5, 5.41) is 6.70. The first-order valence-electron chi connectivity index (χ1n) is 7.61. The molecule has 1 amide bonds. The van der Waals surface area contributed by atoms with E-state index in [4.69, 9.17) is 0 Å². The van der Waals surface area contributed by atoms with E-state index in [1.54, 1.807) is 53.5 Å². The highest BCUT2D eigenvalue weighted by Crippen LogP contribution is 2.21. The van der Waals surface area contributed by atoms with E-state index in [1.807, 2.05) is 0 Å². The van der Waals surface area contributed by atoms with Gasteiger partial charge in [0.1, 0.15) is 5.75 Å². The Balaban J connectivity index is 1.65. The van der Waals surface area contributed by atoms with E-state index in [-0.39, 0.29) is 5.75 Å². The Morgan fingerprint density at radius 2 is 2.04 bits per heavy atom. The summed E-state index contributed by atoms with van der Waals surface area (Å²) >= 11 is 0. The number of aromatic nitrogens is 3. The van der Waals surface area contributed by atoms with Gasteiger partial charge in [0.15, 0.2) is 5.82 Å². The molecule has 0 aliphatic heterocycles. The molecule has 0 aliphatic carbocycles. The zero-order valence-electron chi connectivity index (χ0n) is 13.4. The van der Waals surface area contributed by atoms with Crippen LogP contribution in [-0.2, 0) is 4.79 Å². The standard InChI is InChI=1S/C18H14F2N4O2/c19-18(20)26-15-5-2-1-4-13(15)6-9-17(25)23-14-7-8-16(21-12-14)24-11-3-10-22-24/h1-12,18H,(H,23,25). The number of nitrogens with zero attached hydrogens (tertiary/aromatic N) is 3. The van der Waals surface area contributed by atoms with Crippen molar-refractivity contribution in [3.8, 4) is 11.6 Å². The molecule has 1 aromatic carbocycles. The van der Waals surface area contributed by atoms with Crippen LogP contribution in [0.3, 0.4) is 0 Å². The smallest absolute Gasteiger partial charge is 0.387 e. The maximum Gasteiger partial charge on any atom is 0.387 e. The molecule has 132 valence electrons. The molecule has 1 N–H and O–H groups in total. The van der Waals surface area contributed by atoms with Crippen LogP contribution >= 0.6 is 0 Å². The quantitative estimate of drug-likeness (QED) is 0.686. The minimum absolute atomic E-state index is 0.00297. The molecule has 3 aromatic rings. The molecule has 8 heteroatoms. The van der Waals surface area contributed by atoms with Crippen LogP contribution in [-0.4, -0.2) is 27.3 Å². The highest BCUT2D eigenvalue weighted by Gasteiger charge is 2.07. The Labute approximate surface area is 147 Å². The summed E-state index contributed by atoms with van der Waals surface area (Å²) in [6.45, 7) is -2.93. The molecule has 26 heavy (non-hydrogen) atoms. The molecule has 0 radical (unpaired) electrons. The summed E-state index contributed by atoms with van der Waals surface area (Å²) in [6, 6.07) is 11.4. The monoisotopic (exact) mass is 356 g/mol. The molecule has 2 heterocycles. The number of amides is 1. The fourth-order valence-electron chi connectivity index (χ4n) is 2.17. The predicted molar refractivity (Wildman–Crippen MR) is 92.1 cm³/mol. The number of carbonyl (C=O) groups excluding carboxylic acids is 1. The zero-order valence-corrected chi connectivity index (χ0v) is 13.4. The predicted octanol–water partition coefficient (Wildman–Crippen LogP) is 3.52. The molecule has 3 rings (SSSR count). The fraction of sp³-hybridized carbons (Fsp3) is 0.0556. The molecule has 0 fully saturated rings. The van der Waals surface area contributed by atoms with Gasteiger partial charge in [-0.15, -0.1) is 0 Å². The molecule has 0 saturated carbocycles. The number of para-hydroxylation sites is 1. The topological polar surface area (TPSA) is 69.0 Å². The highest BCUT2D eigenvalue weighted by atomic mass is 19.3. The molecular formula is C18H14F2N4O2. The van der Waals surface area contributed by atoms with Crippen molar-refractivity contribution in [2.75, 3.05) is 5.32 Å². The second-order valence-electron chi connectivity index (χ2n) is 5.09. The van der Waals surface area contributed by atoms with Gasteiger partial charge in [0.05, 0.1) is 11.9 Å². The van der Waals surface area contributed by atoms with Gasteiger partial charge in [-0.1, -0.05) is 18.2 Å². The number of anilines is 1. The number of halogens is 2. The normalized spacial score (nSPS) is 11.0. The van der Waals surface area contributed by atoms with Gasteiger partial charge in [0.25, 0.3) is 0 Å². The summed E-state index contributed by atoms with van der Waals surface area (Å²) in [6.07, 6.45) is 7.52. The van der Waals surface area contributed by atoms with Crippen LogP contribution in [0.1, 0.15) is 5.56 Å². The van der Waals surface area contributed by atoms with Crippen molar-refractivity contribution in [3.05, 3.63) is 72.7 Å². The molecule has 0 atom stereocenters. The number of rotatable bonds is 6. The number of nitrogens with one attached hydrogen (secondary N) is 1. The Morgan fingerprint density at radius 3 is 2.73 bits per heavy atom. The maximum atomic E-state index is 12.4. The number of hydrogen-bond acceptors (Lipinski definition) is 4. The van der Waals surface area contributed by atoms with Crippen LogP contribution in [0.5, 0.6) is 5.75 Å². The second-order valence-corrected chi connectivity index (χ2v) is 5.09. The maximum absolute atomic E-state index is 12.4. The summed E-state index contributed by atoms with van der Waals surface area (Å²) < 4.78 is 30.8.